The maximum Gasteiger partial charge on any atom is 0.245 e. The van der Waals surface area contributed by atoms with E-state index >= 15 is 0 Å². The highest BCUT2D eigenvalue weighted by atomic mass is 28.4. The topological polar surface area (TPSA) is 38.8 Å². The summed E-state index contributed by atoms with van der Waals surface area (Å²) in [6, 6.07) is 0. The Bertz CT molecular complexity index is 1020. The van der Waals surface area contributed by atoms with Gasteiger partial charge in [-0.3, -0.25) is 9.63 Å². The van der Waals surface area contributed by atoms with Gasteiger partial charge in [0.2, 0.25) is 5.91 Å². The van der Waals surface area contributed by atoms with E-state index in [0.717, 1.165) is 12.8 Å². The Morgan fingerprint density at radius 1 is 1.10 bits per heavy atom. The van der Waals surface area contributed by atoms with Crippen LogP contribution < -0.4 is 0 Å². The van der Waals surface area contributed by atoms with Crippen LogP contribution in [-0.4, -0.2) is 39.5 Å². The first-order valence-electron chi connectivity index (χ1n) is 15.8. The summed E-state index contributed by atoms with van der Waals surface area (Å²) in [5.41, 5.74) is 5.92. The van der Waals surface area contributed by atoms with E-state index < -0.39 is 8.32 Å². The van der Waals surface area contributed by atoms with Gasteiger partial charge in [-0.05, 0) is 115 Å². The molecule has 5 heteroatoms. The van der Waals surface area contributed by atoms with Crippen molar-refractivity contribution in [2.45, 2.75) is 137 Å². The summed E-state index contributed by atoms with van der Waals surface area (Å²) in [6.45, 7) is 24.6. The lowest BCUT2D eigenvalue weighted by atomic mass is 9.46. The van der Waals surface area contributed by atoms with E-state index in [9.17, 15) is 4.79 Å². The van der Waals surface area contributed by atoms with Gasteiger partial charge in [-0.1, -0.05) is 67.0 Å². The van der Waals surface area contributed by atoms with Crippen LogP contribution in [0, 0.1) is 34.0 Å². The number of hydrogen-bond acceptors (Lipinski definition) is 3. The van der Waals surface area contributed by atoms with E-state index in [0.29, 0.717) is 30.3 Å². The second kappa shape index (κ2) is 10.4. The minimum atomic E-state index is -1.82. The van der Waals surface area contributed by atoms with Crippen molar-refractivity contribution < 1.29 is 14.1 Å². The van der Waals surface area contributed by atoms with Crippen molar-refractivity contribution in [1.82, 2.24) is 5.06 Å². The number of fused-ring (bicyclic) bond motifs is 4. The molecule has 1 saturated carbocycles. The number of hydroxylamine groups is 2. The molecular formula is C34H59NO3Si. The smallest absolute Gasteiger partial charge is 0.245 e. The number of rotatable bonds is 7. The van der Waals surface area contributed by atoms with Crippen molar-refractivity contribution in [3.05, 3.63) is 22.8 Å². The molecule has 0 unspecified atom stereocenters. The first kappa shape index (κ1) is 31.0. The van der Waals surface area contributed by atoms with Crippen LogP contribution in [0.3, 0.4) is 0 Å². The average molecular weight is 558 g/mol. The van der Waals surface area contributed by atoms with Gasteiger partial charge in [-0.25, -0.2) is 5.06 Å². The maximum absolute atomic E-state index is 12.4. The normalized spacial score (nSPS) is 35.1. The van der Waals surface area contributed by atoms with Crippen molar-refractivity contribution >= 4 is 14.2 Å². The summed E-state index contributed by atoms with van der Waals surface area (Å²) in [7, 11) is 1.46. The van der Waals surface area contributed by atoms with Gasteiger partial charge < -0.3 is 4.43 Å². The molecule has 4 aliphatic carbocycles. The Kier molecular flexibility index (Phi) is 8.29. The Balaban J connectivity index is 1.54. The fraction of sp³-hybridized carbons (Fsp3) is 0.853. The molecule has 4 nitrogen and oxygen atoms in total. The fourth-order valence-electron chi connectivity index (χ4n) is 9.12. The molecule has 0 radical (unpaired) electrons. The average Bonchev–Trinajstić information content (AvgIpc) is 3.20. The van der Waals surface area contributed by atoms with Gasteiger partial charge in [0.05, 0.1) is 13.2 Å². The van der Waals surface area contributed by atoms with Crippen molar-refractivity contribution in [3.8, 4) is 0 Å². The number of allylic oxidation sites excluding steroid dienone is 4. The SMILES string of the molecule is CON(C)C(=O)CC[C@@H](C)[C@H]1CC=C2C3=C(CC[C@@]21C)[C@@]1(C)CC[C@@H](O[Si](C)(C)C(C)(C)C)C(C)(C)[C@@H]1CC3. The van der Waals surface area contributed by atoms with E-state index in [1.807, 2.05) is 0 Å². The Labute approximate surface area is 241 Å². The summed E-state index contributed by atoms with van der Waals surface area (Å²) < 4.78 is 7.15. The largest absolute Gasteiger partial charge is 0.413 e. The molecule has 0 aromatic rings. The number of hydrogen-bond donors (Lipinski definition) is 0. The molecule has 6 atom stereocenters. The van der Waals surface area contributed by atoms with Gasteiger partial charge in [-0.15, -0.1) is 0 Å². The summed E-state index contributed by atoms with van der Waals surface area (Å²) in [6.07, 6.45) is 13.1. The minimum absolute atomic E-state index is 0.0799. The second-order valence-electron chi connectivity index (χ2n) is 16.2. The van der Waals surface area contributed by atoms with E-state index in [2.05, 4.69) is 74.6 Å². The molecule has 4 aliphatic rings. The maximum atomic E-state index is 12.4. The lowest BCUT2D eigenvalue weighted by Crippen LogP contribution is -2.57. The van der Waals surface area contributed by atoms with Gasteiger partial charge in [0, 0.05) is 13.5 Å². The molecule has 0 spiro atoms. The number of carbonyl (C=O) groups excluding carboxylic acids is 1. The van der Waals surface area contributed by atoms with Crippen LogP contribution in [0.25, 0.3) is 0 Å². The van der Waals surface area contributed by atoms with Gasteiger partial charge in [0.15, 0.2) is 8.32 Å². The molecule has 1 amide bonds. The predicted octanol–water partition coefficient (Wildman–Crippen LogP) is 9.09. The van der Waals surface area contributed by atoms with Crippen LogP contribution in [0.2, 0.25) is 18.1 Å². The Morgan fingerprint density at radius 2 is 1.77 bits per heavy atom. The van der Waals surface area contributed by atoms with Crippen LogP contribution in [0.4, 0.5) is 0 Å². The summed E-state index contributed by atoms with van der Waals surface area (Å²) in [5, 5.41) is 1.62. The predicted molar refractivity (Wildman–Crippen MR) is 165 cm³/mol. The molecule has 0 heterocycles. The van der Waals surface area contributed by atoms with Crippen LogP contribution >= 0.6 is 0 Å². The Morgan fingerprint density at radius 3 is 2.38 bits per heavy atom. The monoisotopic (exact) mass is 557 g/mol. The summed E-state index contributed by atoms with van der Waals surface area (Å²) in [4.78, 5) is 17.5. The van der Waals surface area contributed by atoms with Crippen LogP contribution in [-0.2, 0) is 14.1 Å². The van der Waals surface area contributed by atoms with Crippen LogP contribution in [0.15, 0.2) is 22.8 Å². The summed E-state index contributed by atoms with van der Waals surface area (Å²) >= 11 is 0. The van der Waals surface area contributed by atoms with Gasteiger partial charge in [-0.2, -0.15) is 0 Å². The zero-order valence-electron chi connectivity index (χ0n) is 27.4. The third-order valence-corrected chi connectivity index (χ3v) is 17.2. The van der Waals surface area contributed by atoms with Crippen molar-refractivity contribution in [2.24, 2.45) is 34.0 Å². The molecule has 0 bridgehead atoms. The highest BCUT2D eigenvalue weighted by molar-refractivity contribution is 6.74. The first-order valence-corrected chi connectivity index (χ1v) is 18.7. The highest BCUT2D eigenvalue weighted by Gasteiger charge is 2.58. The molecule has 222 valence electrons. The number of carbonyl (C=O) groups is 1. The molecular weight excluding hydrogens is 498 g/mol. The minimum Gasteiger partial charge on any atom is -0.413 e. The molecule has 0 aromatic heterocycles. The van der Waals surface area contributed by atoms with Gasteiger partial charge in [0.25, 0.3) is 0 Å². The molecule has 0 aromatic carbocycles. The molecule has 4 rings (SSSR count). The molecule has 39 heavy (non-hydrogen) atoms. The molecule has 0 N–H and O–H groups in total. The zero-order chi connectivity index (χ0) is 29.2. The van der Waals surface area contributed by atoms with E-state index in [1.165, 1.54) is 43.6 Å². The second-order valence-corrected chi connectivity index (χ2v) is 20.9. The van der Waals surface area contributed by atoms with E-state index in [-0.39, 0.29) is 27.2 Å². The fourth-order valence-corrected chi connectivity index (χ4v) is 10.6. The molecule has 1 fully saturated rings. The Hall–Kier alpha value is -0.913. The van der Waals surface area contributed by atoms with Crippen molar-refractivity contribution in [1.29, 1.82) is 0 Å². The third kappa shape index (κ3) is 5.16. The lowest BCUT2D eigenvalue weighted by molar-refractivity contribution is -0.169. The van der Waals surface area contributed by atoms with Crippen molar-refractivity contribution in [3.63, 3.8) is 0 Å². The summed E-state index contributed by atoms with van der Waals surface area (Å²) in [5.74, 6) is 1.90. The van der Waals surface area contributed by atoms with Gasteiger partial charge in [0.1, 0.15) is 0 Å². The van der Waals surface area contributed by atoms with Crippen molar-refractivity contribution in [2.75, 3.05) is 14.2 Å². The third-order valence-electron chi connectivity index (χ3n) is 12.8. The number of nitrogens with zero attached hydrogens (tertiary/aromatic N) is 1. The van der Waals surface area contributed by atoms with E-state index in [4.69, 9.17) is 9.26 Å². The first-order chi connectivity index (χ1) is 17.9. The van der Waals surface area contributed by atoms with E-state index in [1.54, 1.807) is 30.9 Å². The zero-order valence-corrected chi connectivity index (χ0v) is 28.4. The van der Waals surface area contributed by atoms with Crippen LogP contribution in [0.5, 0.6) is 0 Å². The number of amides is 1. The van der Waals surface area contributed by atoms with Crippen LogP contribution in [0.1, 0.15) is 113 Å². The highest BCUT2D eigenvalue weighted by Crippen LogP contribution is 2.67. The van der Waals surface area contributed by atoms with Gasteiger partial charge >= 0.3 is 0 Å². The standard InChI is InChI=1S/C34H59NO3Si/c1-23(13-18-30(36)35(9)37-10)25-15-16-26-24-14-17-28-32(5,6)29(38-39(11,12)31(2,3)4)20-22-34(28,8)27(24)19-21-33(25,26)7/h16,23,25,28-29H,13-15,17-22H2,1-12H3/t23-,25-,28+,29-,33-,34-/m1/s1. The lowest BCUT2D eigenvalue weighted by Gasteiger charge is -2.61. The molecule has 0 aliphatic heterocycles. The quantitative estimate of drug-likeness (QED) is 0.231. The molecule has 0 saturated heterocycles.